The van der Waals surface area contributed by atoms with Gasteiger partial charge in [-0.2, -0.15) is 0 Å². The molecule has 3 nitrogen and oxygen atoms in total. The molecule has 15 heavy (non-hydrogen) atoms. The van der Waals surface area contributed by atoms with Crippen molar-refractivity contribution in [2.45, 2.75) is 47.5 Å². The Labute approximate surface area is 94.0 Å². The third-order valence-corrected chi connectivity index (χ3v) is 2.71. The molecular formula is C11H25BO3. The van der Waals surface area contributed by atoms with Crippen molar-refractivity contribution in [1.29, 1.82) is 0 Å². The second-order valence-electron chi connectivity index (χ2n) is 5.57. The van der Waals surface area contributed by atoms with Crippen LogP contribution in [0, 0.1) is 17.3 Å². The van der Waals surface area contributed by atoms with Gasteiger partial charge in [0.15, 0.2) is 0 Å². The van der Waals surface area contributed by atoms with Gasteiger partial charge in [-0.25, -0.2) is 0 Å². The van der Waals surface area contributed by atoms with Crippen molar-refractivity contribution >= 4 is 7.32 Å². The smallest absolute Gasteiger partial charge is 0.402 e. The summed E-state index contributed by atoms with van der Waals surface area (Å²) in [5.74, 6) is 0.930. The average molecular weight is 216 g/mol. The van der Waals surface area contributed by atoms with Crippen LogP contribution in [-0.2, 0) is 4.65 Å². The minimum atomic E-state index is -1.64. The Bertz CT molecular complexity index is 166. The largest absolute Gasteiger partial charge is 0.633 e. The van der Waals surface area contributed by atoms with Gasteiger partial charge in [0.05, 0.1) is 0 Å². The fraction of sp³-hybridized carbons (Fsp3) is 1.00. The lowest BCUT2D eigenvalue weighted by Gasteiger charge is -2.29. The minimum Gasteiger partial charge on any atom is -0.402 e. The van der Waals surface area contributed by atoms with Crippen LogP contribution in [0.2, 0.25) is 0 Å². The number of hydrogen-bond donors (Lipinski definition) is 2. The first-order valence-electron chi connectivity index (χ1n) is 5.74. The highest BCUT2D eigenvalue weighted by Crippen LogP contribution is 2.31. The molecule has 0 fully saturated rings. The lowest BCUT2D eigenvalue weighted by Crippen LogP contribution is -2.26. The Kier molecular flexibility index (Phi) is 6.49. The first kappa shape index (κ1) is 14.9. The van der Waals surface area contributed by atoms with E-state index < -0.39 is 7.32 Å². The summed E-state index contributed by atoms with van der Waals surface area (Å²) in [5.41, 5.74) is 0.312. The van der Waals surface area contributed by atoms with E-state index in [1.165, 1.54) is 0 Å². The molecule has 0 aromatic heterocycles. The van der Waals surface area contributed by atoms with E-state index >= 15 is 0 Å². The van der Waals surface area contributed by atoms with Crippen molar-refractivity contribution in [3.63, 3.8) is 0 Å². The molecular weight excluding hydrogens is 191 g/mol. The van der Waals surface area contributed by atoms with Crippen LogP contribution >= 0.6 is 0 Å². The van der Waals surface area contributed by atoms with Crippen LogP contribution < -0.4 is 0 Å². The van der Waals surface area contributed by atoms with Crippen molar-refractivity contribution < 1.29 is 14.7 Å². The molecule has 2 unspecified atom stereocenters. The molecule has 90 valence electrons. The molecule has 0 radical (unpaired) electrons. The van der Waals surface area contributed by atoms with Gasteiger partial charge in [-0.05, 0) is 23.7 Å². The van der Waals surface area contributed by atoms with E-state index in [1.807, 2.05) is 0 Å². The predicted octanol–water partition coefficient (Wildman–Crippen LogP) is 2.07. The van der Waals surface area contributed by atoms with E-state index in [9.17, 15) is 0 Å². The Morgan fingerprint density at radius 2 is 1.80 bits per heavy atom. The maximum atomic E-state index is 8.62. The molecule has 0 aromatic carbocycles. The molecule has 0 rings (SSSR count). The third kappa shape index (κ3) is 7.83. The van der Waals surface area contributed by atoms with Crippen molar-refractivity contribution in [2.75, 3.05) is 6.61 Å². The van der Waals surface area contributed by atoms with Crippen molar-refractivity contribution in [2.24, 2.45) is 17.3 Å². The highest BCUT2D eigenvalue weighted by molar-refractivity contribution is 6.32. The molecule has 0 spiro atoms. The van der Waals surface area contributed by atoms with Gasteiger partial charge in [-0.3, -0.25) is 0 Å². The van der Waals surface area contributed by atoms with Crippen molar-refractivity contribution in [3.05, 3.63) is 0 Å². The van der Waals surface area contributed by atoms with Crippen LogP contribution in [-0.4, -0.2) is 24.0 Å². The van der Waals surface area contributed by atoms with Gasteiger partial charge in [-0.1, -0.05) is 41.0 Å². The van der Waals surface area contributed by atoms with Crippen LogP contribution in [0.3, 0.4) is 0 Å². The highest BCUT2D eigenvalue weighted by atomic mass is 16.6. The molecule has 0 aliphatic heterocycles. The summed E-state index contributed by atoms with van der Waals surface area (Å²) in [6.07, 6.45) is 2.23. The second kappa shape index (κ2) is 6.51. The van der Waals surface area contributed by atoms with Crippen LogP contribution in [0.15, 0.2) is 0 Å². The van der Waals surface area contributed by atoms with Crippen LogP contribution in [0.25, 0.3) is 0 Å². The van der Waals surface area contributed by atoms with Crippen LogP contribution in [0.4, 0.5) is 0 Å². The van der Waals surface area contributed by atoms with E-state index in [1.54, 1.807) is 0 Å². The van der Waals surface area contributed by atoms with Crippen LogP contribution in [0.1, 0.15) is 47.5 Å². The minimum absolute atomic E-state index is 0.312. The molecule has 0 aliphatic carbocycles. The molecule has 0 saturated heterocycles. The highest BCUT2D eigenvalue weighted by Gasteiger charge is 2.23. The Morgan fingerprint density at radius 1 is 1.27 bits per heavy atom. The summed E-state index contributed by atoms with van der Waals surface area (Å²) < 4.78 is 4.81. The first-order chi connectivity index (χ1) is 6.76. The Balaban J connectivity index is 4.04. The first-order valence-corrected chi connectivity index (χ1v) is 5.74. The average Bonchev–Trinajstić information content (AvgIpc) is 2.08. The topological polar surface area (TPSA) is 49.7 Å². The zero-order valence-electron chi connectivity index (χ0n) is 10.7. The molecule has 2 atom stereocenters. The second-order valence-corrected chi connectivity index (χ2v) is 5.57. The molecule has 0 saturated carbocycles. The summed E-state index contributed by atoms with van der Waals surface area (Å²) in [6, 6.07) is 0. The standard InChI is InChI=1S/C11H25BO3/c1-6-10(7-11(3,4)5)9(2)8-15-12(13)14/h9-10,13-14H,6-8H2,1-5H3. The van der Waals surface area contributed by atoms with E-state index in [0.717, 1.165) is 12.8 Å². The van der Waals surface area contributed by atoms with Crippen molar-refractivity contribution in [3.8, 4) is 0 Å². The third-order valence-electron chi connectivity index (χ3n) is 2.71. The monoisotopic (exact) mass is 216 g/mol. The normalized spacial score (nSPS) is 16.2. The maximum Gasteiger partial charge on any atom is 0.633 e. The zero-order valence-corrected chi connectivity index (χ0v) is 10.7. The predicted molar refractivity (Wildman–Crippen MR) is 63.2 cm³/mol. The lowest BCUT2D eigenvalue weighted by molar-refractivity contribution is 0.119. The molecule has 0 aromatic rings. The van der Waals surface area contributed by atoms with Crippen LogP contribution in [0.5, 0.6) is 0 Å². The van der Waals surface area contributed by atoms with E-state index in [0.29, 0.717) is 23.9 Å². The van der Waals surface area contributed by atoms with Gasteiger partial charge in [-0.15, -0.1) is 0 Å². The molecule has 4 heteroatoms. The van der Waals surface area contributed by atoms with Gasteiger partial charge in [0.2, 0.25) is 0 Å². The lowest BCUT2D eigenvalue weighted by atomic mass is 9.78. The van der Waals surface area contributed by atoms with Crippen molar-refractivity contribution in [1.82, 2.24) is 0 Å². The fourth-order valence-electron chi connectivity index (χ4n) is 1.91. The van der Waals surface area contributed by atoms with Gasteiger partial charge in [0.1, 0.15) is 0 Å². The summed E-state index contributed by atoms with van der Waals surface area (Å²) >= 11 is 0. The van der Waals surface area contributed by atoms with Gasteiger partial charge < -0.3 is 14.7 Å². The van der Waals surface area contributed by atoms with Gasteiger partial charge >= 0.3 is 7.32 Å². The number of hydrogen-bond acceptors (Lipinski definition) is 3. The summed E-state index contributed by atoms with van der Waals surface area (Å²) in [4.78, 5) is 0. The fourth-order valence-corrected chi connectivity index (χ4v) is 1.91. The van der Waals surface area contributed by atoms with E-state index in [-0.39, 0.29) is 0 Å². The molecule has 0 amide bonds. The SMILES string of the molecule is CCC(CC(C)(C)C)C(C)COB(O)O. The zero-order chi connectivity index (χ0) is 12.1. The quantitative estimate of drug-likeness (QED) is 0.668. The number of rotatable bonds is 6. The molecule has 0 heterocycles. The maximum absolute atomic E-state index is 8.62. The van der Waals surface area contributed by atoms with E-state index in [4.69, 9.17) is 14.7 Å². The van der Waals surface area contributed by atoms with Gasteiger partial charge in [0, 0.05) is 6.61 Å². The Hall–Kier alpha value is -0.0551. The van der Waals surface area contributed by atoms with Gasteiger partial charge in [0.25, 0.3) is 0 Å². The molecule has 0 aliphatic rings. The van der Waals surface area contributed by atoms with E-state index in [2.05, 4.69) is 34.6 Å². The summed E-state index contributed by atoms with van der Waals surface area (Å²) in [6.45, 7) is 11.4. The molecule has 0 bridgehead atoms. The molecule has 2 N–H and O–H groups in total. The Morgan fingerprint density at radius 3 is 2.13 bits per heavy atom. The summed E-state index contributed by atoms with van der Waals surface area (Å²) in [7, 11) is -1.64. The summed E-state index contributed by atoms with van der Waals surface area (Å²) in [5, 5.41) is 17.2.